The summed E-state index contributed by atoms with van der Waals surface area (Å²) >= 11 is 1.68. The Balaban J connectivity index is 3.06. The lowest BCUT2D eigenvalue weighted by Gasteiger charge is -2.25. The molecule has 0 saturated carbocycles. The number of aromatic nitrogens is 1. The van der Waals surface area contributed by atoms with Crippen LogP contribution in [0.5, 0.6) is 0 Å². The Morgan fingerprint density at radius 2 is 1.75 bits per heavy atom. The fourth-order valence-electron chi connectivity index (χ4n) is 1.60. The highest BCUT2D eigenvalue weighted by molar-refractivity contribution is 14.1. The molecule has 1 heterocycles. The normalized spacial score (nSPS) is 11.7. The van der Waals surface area contributed by atoms with Gasteiger partial charge in [0, 0.05) is 33.5 Å². The zero-order valence-corrected chi connectivity index (χ0v) is 13.4. The van der Waals surface area contributed by atoms with Crippen molar-refractivity contribution in [3.8, 4) is 0 Å². The van der Waals surface area contributed by atoms with Crippen LogP contribution in [0.3, 0.4) is 0 Å². The van der Waals surface area contributed by atoms with Crippen LogP contribution in [0.1, 0.15) is 5.56 Å². The van der Waals surface area contributed by atoms with E-state index in [9.17, 15) is 13.2 Å². The molecule has 0 aliphatic carbocycles. The van der Waals surface area contributed by atoms with E-state index in [1.165, 1.54) is 6.20 Å². The molecule has 0 amide bonds. The third-order valence-corrected chi connectivity index (χ3v) is 3.67. The molecule has 20 heavy (non-hydrogen) atoms. The van der Waals surface area contributed by atoms with Gasteiger partial charge in [0.15, 0.2) is 0 Å². The number of nitrogens with zero attached hydrogens (tertiary/aromatic N) is 2. The third kappa shape index (κ3) is 4.74. The van der Waals surface area contributed by atoms with Crippen LogP contribution in [0.25, 0.3) is 0 Å². The number of alkyl halides is 3. The van der Waals surface area contributed by atoms with Crippen LogP contribution in [-0.4, -0.2) is 45.5 Å². The standard InChI is InChI=1S/C12H16F3IN2O2/c1-19-7-5-18(6-8-20-2)11-10(16)9(3-4-17-11)12(13,14)15/h3-4H,5-8H2,1-2H3. The highest BCUT2D eigenvalue weighted by Crippen LogP contribution is 2.35. The van der Waals surface area contributed by atoms with E-state index >= 15 is 0 Å². The molecular weight excluding hydrogens is 388 g/mol. The van der Waals surface area contributed by atoms with Crippen LogP contribution >= 0.6 is 22.6 Å². The predicted octanol–water partition coefficient (Wildman–Crippen LogP) is 2.80. The van der Waals surface area contributed by atoms with E-state index in [2.05, 4.69) is 4.98 Å². The minimum atomic E-state index is -4.39. The fraction of sp³-hybridized carbons (Fsp3) is 0.583. The maximum absolute atomic E-state index is 12.9. The monoisotopic (exact) mass is 404 g/mol. The van der Waals surface area contributed by atoms with E-state index in [0.29, 0.717) is 32.1 Å². The molecule has 1 rings (SSSR count). The Morgan fingerprint density at radius 1 is 1.20 bits per heavy atom. The lowest BCUT2D eigenvalue weighted by molar-refractivity contribution is -0.138. The van der Waals surface area contributed by atoms with Crippen LogP contribution < -0.4 is 4.90 Å². The molecule has 0 N–H and O–H groups in total. The molecule has 8 heteroatoms. The zero-order valence-electron chi connectivity index (χ0n) is 11.2. The first kappa shape index (κ1) is 17.4. The molecule has 0 fully saturated rings. The number of methoxy groups -OCH3 is 2. The van der Waals surface area contributed by atoms with E-state index in [1.807, 2.05) is 0 Å². The SMILES string of the molecule is COCCN(CCOC)c1nccc(C(F)(F)F)c1I. The number of hydrogen-bond donors (Lipinski definition) is 0. The second kappa shape index (κ2) is 7.99. The van der Waals surface area contributed by atoms with Crippen molar-refractivity contribution in [1.29, 1.82) is 0 Å². The van der Waals surface area contributed by atoms with Gasteiger partial charge in [0.05, 0.1) is 22.3 Å². The first-order chi connectivity index (χ1) is 9.41. The largest absolute Gasteiger partial charge is 0.417 e. The van der Waals surface area contributed by atoms with Crippen molar-refractivity contribution in [2.75, 3.05) is 45.4 Å². The maximum Gasteiger partial charge on any atom is 0.417 e. The summed E-state index contributed by atoms with van der Waals surface area (Å²) in [6.45, 7) is 1.70. The minimum Gasteiger partial charge on any atom is -0.383 e. The van der Waals surface area contributed by atoms with Crippen LogP contribution in [-0.2, 0) is 15.7 Å². The van der Waals surface area contributed by atoms with Gasteiger partial charge in [-0.3, -0.25) is 0 Å². The van der Waals surface area contributed by atoms with Gasteiger partial charge in [-0.1, -0.05) is 0 Å². The van der Waals surface area contributed by atoms with Gasteiger partial charge >= 0.3 is 6.18 Å². The van der Waals surface area contributed by atoms with Crippen LogP contribution in [0.15, 0.2) is 12.3 Å². The Labute approximate surface area is 129 Å². The highest BCUT2D eigenvalue weighted by atomic mass is 127. The molecule has 0 aliphatic rings. The second-order valence-electron chi connectivity index (χ2n) is 3.97. The van der Waals surface area contributed by atoms with E-state index in [-0.39, 0.29) is 3.57 Å². The number of anilines is 1. The molecule has 4 nitrogen and oxygen atoms in total. The molecule has 0 spiro atoms. The van der Waals surface area contributed by atoms with Crippen molar-refractivity contribution in [3.63, 3.8) is 0 Å². The predicted molar refractivity (Wildman–Crippen MR) is 77.9 cm³/mol. The first-order valence-corrected chi connectivity index (χ1v) is 6.94. The molecule has 0 aliphatic heterocycles. The van der Waals surface area contributed by atoms with Gasteiger partial charge in [0.1, 0.15) is 5.82 Å². The van der Waals surface area contributed by atoms with Gasteiger partial charge in [-0.25, -0.2) is 4.98 Å². The van der Waals surface area contributed by atoms with E-state index in [4.69, 9.17) is 9.47 Å². The molecule has 0 saturated heterocycles. The second-order valence-corrected chi connectivity index (χ2v) is 5.05. The fourth-order valence-corrected chi connectivity index (χ4v) is 2.56. The Bertz CT molecular complexity index is 422. The van der Waals surface area contributed by atoms with Crippen molar-refractivity contribution in [2.24, 2.45) is 0 Å². The zero-order chi connectivity index (χ0) is 15.2. The average molecular weight is 404 g/mol. The number of ether oxygens (including phenoxy) is 2. The van der Waals surface area contributed by atoms with Crippen molar-refractivity contribution in [2.45, 2.75) is 6.18 Å². The summed E-state index contributed by atoms with van der Waals surface area (Å²) in [6, 6.07) is 0.982. The molecule has 0 unspecified atom stereocenters. The lowest BCUT2D eigenvalue weighted by atomic mass is 10.2. The van der Waals surface area contributed by atoms with Crippen molar-refractivity contribution in [3.05, 3.63) is 21.4 Å². The Hall–Kier alpha value is -0.610. The van der Waals surface area contributed by atoms with E-state index < -0.39 is 11.7 Å². The molecule has 0 aromatic carbocycles. The molecule has 0 bridgehead atoms. The summed E-state index contributed by atoms with van der Waals surface area (Å²) < 4.78 is 48.7. The van der Waals surface area contributed by atoms with Gasteiger partial charge in [0.2, 0.25) is 0 Å². The number of pyridine rings is 1. The van der Waals surface area contributed by atoms with Gasteiger partial charge in [-0.05, 0) is 28.7 Å². The summed E-state index contributed by atoms with van der Waals surface area (Å²) in [7, 11) is 3.08. The van der Waals surface area contributed by atoms with Crippen molar-refractivity contribution >= 4 is 28.4 Å². The lowest BCUT2D eigenvalue weighted by Crippen LogP contribution is -2.32. The smallest absolute Gasteiger partial charge is 0.383 e. The van der Waals surface area contributed by atoms with E-state index in [0.717, 1.165) is 6.07 Å². The summed E-state index contributed by atoms with van der Waals surface area (Å²) in [5.41, 5.74) is -0.678. The van der Waals surface area contributed by atoms with Gasteiger partial charge in [0.25, 0.3) is 0 Å². The van der Waals surface area contributed by atoms with Crippen LogP contribution in [0.4, 0.5) is 19.0 Å². The van der Waals surface area contributed by atoms with Gasteiger partial charge < -0.3 is 14.4 Å². The highest BCUT2D eigenvalue weighted by Gasteiger charge is 2.34. The first-order valence-electron chi connectivity index (χ1n) is 5.86. The quantitative estimate of drug-likeness (QED) is 0.655. The summed E-state index contributed by atoms with van der Waals surface area (Å²) in [6.07, 6.45) is -3.21. The number of rotatable bonds is 7. The number of hydrogen-bond acceptors (Lipinski definition) is 4. The van der Waals surface area contributed by atoms with Crippen molar-refractivity contribution < 1.29 is 22.6 Å². The van der Waals surface area contributed by atoms with Gasteiger partial charge in [-0.2, -0.15) is 13.2 Å². The topological polar surface area (TPSA) is 34.6 Å². The Morgan fingerprint density at radius 3 is 2.20 bits per heavy atom. The molecular formula is C12H16F3IN2O2. The van der Waals surface area contributed by atoms with Gasteiger partial charge in [-0.15, -0.1) is 0 Å². The minimum absolute atomic E-state index is 0.0878. The molecule has 114 valence electrons. The average Bonchev–Trinajstić information content (AvgIpc) is 2.38. The molecule has 0 atom stereocenters. The molecule has 1 aromatic rings. The Kier molecular flexibility index (Phi) is 6.96. The summed E-state index contributed by atoms with van der Waals surface area (Å²) in [5.74, 6) is 0.300. The summed E-state index contributed by atoms with van der Waals surface area (Å²) in [4.78, 5) is 5.79. The number of halogens is 4. The van der Waals surface area contributed by atoms with Crippen molar-refractivity contribution in [1.82, 2.24) is 4.98 Å². The maximum atomic E-state index is 12.9. The van der Waals surface area contributed by atoms with Crippen LogP contribution in [0.2, 0.25) is 0 Å². The van der Waals surface area contributed by atoms with E-state index in [1.54, 1.807) is 41.7 Å². The molecule has 0 radical (unpaired) electrons. The third-order valence-electron chi connectivity index (χ3n) is 2.61. The van der Waals surface area contributed by atoms with Crippen LogP contribution in [0, 0.1) is 3.57 Å². The molecule has 1 aromatic heterocycles. The summed E-state index contributed by atoms with van der Waals surface area (Å²) in [5, 5.41) is 0.